The molecule has 148 valence electrons. The van der Waals surface area contributed by atoms with Crippen molar-refractivity contribution in [3.8, 4) is 22.8 Å². The molecule has 2 aromatic heterocycles. The first kappa shape index (κ1) is 19.2. The van der Waals surface area contributed by atoms with Crippen LogP contribution in [0.15, 0.2) is 41.0 Å². The van der Waals surface area contributed by atoms with Crippen molar-refractivity contribution in [3.05, 3.63) is 51.9 Å². The Bertz CT molecular complexity index is 1220. The van der Waals surface area contributed by atoms with Gasteiger partial charge in [0.25, 0.3) is 5.91 Å². The van der Waals surface area contributed by atoms with E-state index in [0.717, 1.165) is 15.6 Å². The second-order valence-corrected chi connectivity index (χ2v) is 7.66. The van der Waals surface area contributed by atoms with E-state index < -0.39 is 0 Å². The number of anilines is 1. The summed E-state index contributed by atoms with van der Waals surface area (Å²) in [6.07, 6.45) is 0. The molecule has 0 aliphatic rings. The molecule has 0 bridgehead atoms. The number of carbonyl (C=O) groups is 1. The lowest BCUT2D eigenvalue weighted by atomic mass is 10.1. The number of amides is 1. The quantitative estimate of drug-likeness (QED) is 0.470. The van der Waals surface area contributed by atoms with Crippen molar-refractivity contribution >= 4 is 44.7 Å². The van der Waals surface area contributed by atoms with Crippen molar-refractivity contribution in [1.29, 1.82) is 0 Å². The zero-order valence-electron chi connectivity index (χ0n) is 15.8. The summed E-state index contributed by atoms with van der Waals surface area (Å²) in [5, 5.41) is 11.7. The van der Waals surface area contributed by atoms with Gasteiger partial charge in [-0.3, -0.25) is 4.79 Å². The Morgan fingerprint density at radius 2 is 1.90 bits per heavy atom. The topological polar surface area (TPSA) is 86.5 Å². The number of methoxy groups -OCH3 is 2. The Labute approximate surface area is 175 Å². The molecule has 0 saturated heterocycles. The Morgan fingerprint density at radius 3 is 2.66 bits per heavy atom. The van der Waals surface area contributed by atoms with Crippen LogP contribution in [-0.2, 0) is 0 Å². The highest BCUT2D eigenvalue weighted by Gasteiger charge is 2.22. The molecule has 4 rings (SSSR count). The van der Waals surface area contributed by atoms with E-state index in [4.69, 9.17) is 25.7 Å². The monoisotopic (exact) mass is 429 g/mol. The van der Waals surface area contributed by atoms with Crippen LogP contribution in [0.1, 0.15) is 15.2 Å². The van der Waals surface area contributed by atoms with Crippen LogP contribution in [0.5, 0.6) is 11.5 Å². The molecule has 29 heavy (non-hydrogen) atoms. The summed E-state index contributed by atoms with van der Waals surface area (Å²) in [6.45, 7) is 1.99. The molecule has 0 aliphatic carbocycles. The summed E-state index contributed by atoms with van der Waals surface area (Å²) in [7, 11) is 3.09. The number of benzene rings is 2. The predicted octanol–water partition coefficient (Wildman–Crippen LogP) is 5.18. The average molecular weight is 430 g/mol. The minimum absolute atomic E-state index is 0.187. The molecule has 0 unspecified atom stereocenters. The zero-order chi connectivity index (χ0) is 20.5. The van der Waals surface area contributed by atoms with E-state index in [9.17, 15) is 4.79 Å². The number of ether oxygens (including phenoxy) is 2. The van der Waals surface area contributed by atoms with Crippen LogP contribution in [-0.4, -0.2) is 30.4 Å². The second kappa shape index (κ2) is 7.73. The van der Waals surface area contributed by atoms with E-state index in [0.29, 0.717) is 32.7 Å². The van der Waals surface area contributed by atoms with Gasteiger partial charge in [-0.2, -0.15) is 0 Å². The maximum absolute atomic E-state index is 12.9. The van der Waals surface area contributed by atoms with Crippen molar-refractivity contribution in [3.63, 3.8) is 0 Å². The van der Waals surface area contributed by atoms with Gasteiger partial charge in [0, 0.05) is 15.6 Å². The van der Waals surface area contributed by atoms with Gasteiger partial charge >= 0.3 is 0 Å². The van der Waals surface area contributed by atoms with Gasteiger partial charge in [0.1, 0.15) is 4.88 Å². The molecule has 9 heteroatoms. The maximum Gasteiger partial charge on any atom is 0.268 e. The van der Waals surface area contributed by atoms with Crippen LogP contribution >= 0.6 is 22.9 Å². The standard InChI is InChI=1S/C20H16ClN3O4S/c1-10-4-6-12-15(8-10)29-18(16(12)21)20(25)22-19-17(23-28-24-19)11-5-7-13(26-2)14(9-11)27-3/h4-9H,1-3H3,(H,22,24,25). The normalized spacial score (nSPS) is 10.9. The molecule has 4 aromatic rings. The Kier molecular flexibility index (Phi) is 5.12. The van der Waals surface area contributed by atoms with Gasteiger partial charge in [-0.25, -0.2) is 4.63 Å². The first-order valence-corrected chi connectivity index (χ1v) is 9.76. The highest BCUT2D eigenvalue weighted by Crippen LogP contribution is 2.37. The van der Waals surface area contributed by atoms with E-state index in [2.05, 4.69) is 15.6 Å². The maximum atomic E-state index is 12.9. The van der Waals surface area contributed by atoms with Gasteiger partial charge in [-0.15, -0.1) is 11.3 Å². The third kappa shape index (κ3) is 3.52. The molecular weight excluding hydrogens is 414 g/mol. The van der Waals surface area contributed by atoms with Crippen LogP contribution in [0.2, 0.25) is 5.02 Å². The number of rotatable bonds is 5. The molecular formula is C20H16ClN3O4S. The summed E-state index contributed by atoms with van der Waals surface area (Å²) in [4.78, 5) is 13.3. The number of aromatic nitrogens is 2. The Balaban J connectivity index is 1.66. The zero-order valence-corrected chi connectivity index (χ0v) is 17.4. The number of nitrogens with one attached hydrogen (secondary N) is 1. The van der Waals surface area contributed by atoms with Crippen LogP contribution in [0.4, 0.5) is 5.82 Å². The largest absolute Gasteiger partial charge is 0.493 e. The lowest BCUT2D eigenvalue weighted by Gasteiger charge is -2.08. The number of thiophene rings is 1. The number of hydrogen-bond donors (Lipinski definition) is 1. The fourth-order valence-corrected chi connectivity index (χ4v) is 4.44. The van der Waals surface area contributed by atoms with E-state index in [1.165, 1.54) is 18.4 Å². The van der Waals surface area contributed by atoms with Gasteiger partial charge in [0.05, 0.1) is 19.2 Å². The summed E-state index contributed by atoms with van der Waals surface area (Å²) in [6, 6.07) is 11.1. The molecule has 0 atom stereocenters. The number of halogens is 1. The molecule has 0 aliphatic heterocycles. The summed E-state index contributed by atoms with van der Waals surface area (Å²) >= 11 is 7.76. The van der Waals surface area contributed by atoms with Crippen molar-refractivity contribution in [1.82, 2.24) is 10.3 Å². The average Bonchev–Trinajstić information content (AvgIpc) is 3.31. The molecule has 0 fully saturated rings. The third-order valence-electron chi connectivity index (χ3n) is 4.37. The fraction of sp³-hybridized carbons (Fsp3) is 0.150. The van der Waals surface area contributed by atoms with Gasteiger partial charge in [0.2, 0.25) is 5.82 Å². The Hall–Kier alpha value is -3.10. The SMILES string of the molecule is COc1ccc(-c2nonc2NC(=O)c2sc3cc(C)ccc3c2Cl)cc1OC. The molecule has 0 radical (unpaired) electrons. The third-order valence-corrected chi connectivity index (χ3v) is 6.02. The minimum Gasteiger partial charge on any atom is -0.493 e. The smallest absolute Gasteiger partial charge is 0.268 e. The van der Waals surface area contributed by atoms with E-state index >= 15 is 0 Å². The number of hydrogen-bond acceptors (Lipinski definition) is 7. The fourth-order valence-electron chi connectivity index (χ4n) is 2.93. The first-order chi connectivity index (χ1) is 14.0. The van der Waals surface area contributed by atoms with Crippen molar-refractivity contribution < 1.29 is 18.9 Å². The van der Waals surface area contributed by atoms with Crippen LogP contribution in [0.3, 0.4) is 0 Å². The van der Waals surface area contributed by atoms with Crippen LogP contribution in [0, 0.1) is 6.92 Å². The highest BCUT2D eigenvalue weighted by molar-refractivity contribution is 7.21. The van der Waals surface area contributed by atoms with Gasteiger partial charge in [-0.05, 0) is 47.1 Å². The van der Waals surface area contributed by atoms with Crippen molar-refractivity contribution in [2.75, 3.05) is 19.5 Å². The van der Waals surface area contributed by atoms with Crippen LogP contribution < -0.4 is 14.8 Å². The first-order valence-electron chi connectivity index (χ1n) is 8.56. The van der Waals surface area contributed by atoms with Crippen molar-refractivity contribution in [2.45, 2.75) is 6.92 Å². The lowest BCUT2D eigenvalue weighted by Crippen LogP contribution is -2.11. The summed E-state index contributed by atoms with van der Waals surface area (Å²) in [5.41, 5.74) is 2.11. The molecule has 0 spiro atoms. The molecule has 2 aromatic carbocycles. The van der Waals surface area contributed by atoms with Gasteiger partial charge in [-0.1, -0.05) is 23.7 Å². The van der Waals surface area contributed by atoms with E-state index in [1.807, 2.05) is 25.1 Å². The number of aryl methyl sites for hydroxylation is 1. The molecule has 1 N–H and O–H groups in total. The number of fused-ring (bicyclic) bond motifs is 1. The van der Waals surface area contributed by atoms with E-state index in [1.54, 1.807) is 25.3 Å². The summed E-state index contributed by atoms with van der Waals surface area (Å²) in [5.74, 6) is 0.900. The Morgan fingerprint density at radius 1 is 1.10 bits per heavy atom. The molecule has 7 nitrogen and oxygen atoms in total. The number of nitrogens with zero attached hydrogens (tertiary/aromatic N) is 2. The van der Waals surface area contributed by atoms with Gasteiger partial charge < -0.3 is 14.8 Å². The summed E-state index contributed by atoms with van der Waals surface area (Å²) < 4.78 is 16.4. The molecule has 1 amide bonds. The van der Waals surface area contributed by atoms with E-state index in [-0.39, 0.29) is 11.7 Å². The minimum atomic E-state index is -0.383. The molecule has 0 saturated carbocycles. The molecule has 2 heterocycles. The lowest BCUT2D eigenvalue weighted by molar-refractivity contribution is 0.102. The van der Waals surface area contributed by atoms with Crippen LogP contribution in [0.25, 0.3) is 21.3 Å². The van der Waals surface area contributed by atoms with Gasteiger partial charge in [0.15, 0.2) is 17.2 Å². The number of carbonyl (C=O) groups excluding carboxylic acids is 1. The van der Waals surface area contributed by atoms with Crippen molar-refractivity contribution in [2.24, 2.45) is 0 Å². The highest BCUT2D eigenvalue weighted by atomic mass is 35.5. The second-order valence-electron chi connectivity index (χ2n) is 6.23. The predicted molar refractivity (Wildman–Crippen MR) is 112 cm³/mol.